The summed E-state index contributed by atoms with van der Waals surface area (Å²) in [4.78, 5) is 11.1. The van der Waals surface area contributed by atoms with Gasteiger partial charge in [0.15, 0.2) is 36.1 Å². The van der Waals surface area contributed by atoms with Gasteiger partial charge >= 0.3 is 0 Å². The van der Waals surface area contributed by atoms with E-state index in [0.29, 0.717) is 41.1 Å². The van der Waals surface area contributed by atoms with Crippen LogP contribution in [0.2, 0.25) is 0 Å². The lowest BCUT2D eigenvalue weighted by Gasteiger charge is -2.20. The second-order valence-electron chi connectivity index (χ2n) is 6.65. The summed E-state index contributed by atoms with van der Waals surface area (Å²) >= 11 is 0. The summed E-state index contributed by atoms with van der Waals surface area (Å²) in [6.45, 7) is 6.68. The third-order valence-electron chi connectivity index (χ3n) is 4.10. The van der Waals surface area contributed by atoms with Crippen LogP contribution >= 0.6 is 0 Å². The Morgan fingerprint density at radius 2 is 1.54 bits per heavy atom. The molecule has 6 heteroatoms. The number of carbonyl (C=O) groups excluding carboxylic acids is 1. The number of carbonyl (C=O) groups is 1. The largest absolute Gasteiger partial charge is 0.492 e. The van der Waals surface area contributed by atoms with Crippen LogP contribution in [0.15, 0.2) is 36.4 Å². The van der Waals surface area contributed by atoms with Crippen LogP contribution in [-0.4, -0.2) is 33.9 Å². The number of methoxy groups -OCH3 is 2. The molecule has 152 valence electrons. The van der Waals surface area contributed by atoms with Crippen molar-refractivity contribution in [2.24, 2.45) is 5.92 Å². The summed E-state index contributed by atoms with van der Waals surface area (Å²) in [6, 6.07) is 10.8. The molecule has 0 saturated carbocycles. The van der Waals surface area contributed by atoms with E-state index in [9.17, 15) is 4.79 Å². The zero-order chi connectivity index (χ0) is 20.5. The van der Waals surface area contributed by atoms with Gasteiger partial charge in [0, 0.05) is 5.56 Å². The standard InChI is InChI=1S/C22H28O6/c1-15(2)13-26-20-11-7-9-18(22(20)25-5)16(3)27-14-28-19-10-6-8-17(12-23)21(19)24-4/h6-12,15-16H,13-14H2,1-5H3. The zero-order valence-corrected chi connectivity index (χ0v) is 17.1. The predicted octanol–water partition coefficient (Wildman–Crippen LogP) is 4.67. The Morgan fingerprint density at radius 3 is 2.14 bits per heavy atom. The van der Waals surface area contributed by atoms with E-state index in [1.165, 1.54) is 7.11 Å². The minimum absolute atomic E-state index is 0.0138. The maximum Gasteiger partial charge on any atom is 0.189 e. The highest BCUT2D eigenvalue weighted by Gasteiger charge is 2.17. The minimum Gasteiger partial charge on any atom is -0.492 e. The Bertz CT molecular complexity index is 772. The van der Waals surface area contributed by atoms with Crippen molar-refractivity contribution in [2.45, 2.75) is 26.9 Å². The summed E-state index contributed by atoms with van der Waals surface area (Å²) in [5.74, 6) is 2.57. The van der Waals surface area contributed by atoms with Gasteiger partial charge in [-0.2, -0.15) is 0 Å². The zero-order valence-electron chi connectivity index (χ0n) is 17.1. The van der Waals surface area contributed by atoms with Crippen LogP contribution < -0.4 is 18.9 Å². The average molecular weight is 388 g/mol. The van der Waals surface area contributed by atoms with Crippen LogP contribution in [0.1, 0.15) is 42.8 Å². The van der Waals surface area contributed by atoms with E-state index in [2.05, 4.69) is 13.8 Å². The molecule has 0 N–H and O–H groups in total. The molecule has 0 bridgehead atoms. The van der Waals surface area contributed by atoms with Crippen molar-refractivity contribution in [2.75, 3.05) is 27.6 Å². The van der Waals surface area contributed by atoms with E-state index in [0.717, 1.165) is 11.8 Å². The summed E-state index contributed by atoms with van der Waals surface area (Å²) in [5.41, 5.74) is 1.28. The Hall–Kier alpha value is -2.73. The summed E-state index contributed by atoms with van der Waals surface area (Å²) in [7, 11) is 3.10. The maximum absolute atomic E-state index is 11.1. The van der Waals surface area contributed by atoms with Gasteiger partial charge in [-0.05, 0) is 31.0 Å². The highest BCUT2D eigenvalue weighted by atomic mass is 16.7. The number of benzene rings is 2. The van der Waals surface area contributed by atoms with Crippen LogP contribution in [0, 0.1) is 5.92 Å². The van der Waals surface area contributed by atoms with Crippen molar-refractivity contribution in [1.29, 1.82) is 0 Å². The molecule has 0 spiro atoms. The third-order valence-corrected chi connectivity index (χ3v) is 4.10. The molecular weight excluding hydrogens is 360 g/mol. The van der Waals surface area contributed by atoms with Crippen molar-refractivity contribution in [3.63, 3.8) is 0 Å². The number of para-hydroxylation sites is 2. The molecule has 0 saturated heterocycles. The smallest absolute Gasteiger partial charge is 0.189 e. The fourth-order valence-electron chi connectivity index (χ4n) is 2.69. The van der Waals surface area contributed by atoms with E-state index in [1.807, 2.05) is 25.1 Å². The SMILES string of the molecule is COc1c(C=O)cccc1OCOC(C)c1cccc(OCC(C)C)c1OC. The van der Waals surface area contributed by atoms with E-state index in [4.69, 9.17) is 23.7 Å². The highest BCUT2D eigenvalue weighted by molar-refractivity contribution is 5.81. The van der Waals surface area contributed by atoms with Crippen molar-refractivity contribution < 1.29 is 28.5 Å². The first-order valence-corrected chi connectivity index (χ1v) is 9.18. The molecule has 0 radical (unpaired) electrons. The highest BCUT2D eigenvalue weighted by Crippen LogP contribution is 2.36. The van der Waals surface area contributed by atoms with Crippen LogP contribution in [0.3, 0.4) is 0 Å². The molecule has 0 aliphatic heterocycles. The summed E-state index contributed by atoms with van der Waals surface area (Å²) < 4.78 is 28.2. The number of hydrogen-bond acceptors (Lipinski definition) is 6. The van der Waals surface area contributed by atoms with Crippen molar-refractivity contribution in [3.05, 3.63) is 47.5 Å². The summed E-state index contributed by atoms with van der Waals surface area (Å²) in [6.07, 6.45) is 0.431. The number of ether oxygens (including phenoxy) is 5. The van der Waals surface area contributed by atoms with Gasteiger partial charge < -0.3 is 23.7 Å². The van der Waals surface area contributed by atoms with Gasteiger partial charge in [-0.15, -0.1) is 0 Å². The normalized spacial score (nSPS) is 11.8. The predicted molar refractivity (Wildman–Crippen MR) is 107 cm³/mol. The second-order valence-corrected chi connectivity index (χ2v) is 6.65. The molecule has 0 aliphatic carbocycles. The van der Waals surface area contributed by atoms with Crippen LogP contribution in [-0.2, 0) is 4.74 Å². The Balaban J connectivity index is 2.06. The third kappa shape index (κ3) is 5.39. The number of hydrogen-bond donors (Lipinski definition) is 0. The molecule has 0 fully saturated rings. The Labute approximate surface area is 166 Å². The lowest BCUT2D eigenvalue weighted by molar-refractivity contribution is -0.0312. The molecule has 0 amide bonds. The molecule has 2 rings (SSSR count). The topological polar surface area (TPSA) is 63.2 Å². The van der Waals surface area contributed by atoms with Gasteiger partial charge in [0.2, 0.25) is 0 Å². The molecule has 0 aromatic heterocycles. The Morgan fingerprint density at radius 1 is 0.893 bits per heavy atom. The van der Waals surface area contributed by atoms with Gasteiger partial charge in [-0.3, -0.25) is 4.79 Å². The van der Waals surface area contributed by atoms with Gasteiger partial charge in [0.1, 0.15) is 0 Å². The van der Waals surface area contributed by atoms with Crippen molar-refractivity contribution in [3.8, 4) is 23.0 Å². The van der Waals surface area contributed by atoms with E-state index < -0.39 is 0 Å². The lowest BCUT2D eigenvalue weighted by atomic mass is 10.1. The van der Waals surface area contributed by atoms with Crippen molar-refractivity contribution >= 4 is 6.29 Å². The van der Waals surface area contributed by atoms with Gasteiger partial charge in [0.25, 0.3) is 0 Å². The summed E-state index contributed by atoms with van der Waals surface area (Å²) in [5, 5.41) is 0. The molecule has 28 heavy (non-hydrogen) atoms. The van der Waals surface area contributed by atoms with Gasteiger partial charge in [0.05, 0.1) is 32.5 Å². The Kier molecular flexibility index (Phi) is 8.14. The first-order valence-electron chi connectivity index (χ1n) is 9.18. The van der Waals surface area contributed by atoms with Crippen LogP contribution in [0.5, 0.6) is 23.0 Å². The minimum atomic E-state index is -0.294. The fourth-order valence-corrected chi connectivity index (χ4v) is 2.69. The number of aldehydes is 1. The van der Waals surface area contributed by atoms with Gasteiger partial charge in [-0.25, -0.2) is 0 Å². The molecule has 2 aromatic rings. The second kappa shape index (κ2) is 10.6. The monoisotopic (exact) mass is 388 g/mol. The molecule has 0 aliphatic rings. The van der Waals surface area contributed by atoms with E-state index >= 15 is 0 Å². The molecule has 0 heterocycles. The molecule has 2 aromatic carbocycles. The first-order chi connectivity index (χ1) is 13.5. The molecule has 1 unspecified atom stereocenters. The van der Waals surface area contributed by atoms with E-state index in [-0.39, 0.29) is 12.9 Å². The average Bonchev–Trinajstić information content (AvgIpc) is 2.71. The van der Waals surface area contributed by atoms with E-state index in [1.54, 1.807) is 25.3 Å². The molecule has 6 nitrogen and oxygen atoms in total. The molecular formula is C22H28O6. The van der Waals surface area contributed by atoms with Crippen molar-refractivity contribution in [1.82, 2.24) is 0 Å². The quantitative estimate of drug-likeness (QED) is 0.412. The lowest BCUT2D eigenvalue weighted by Crippen LogP contribution is -2.10. The molecule has 1 atom stereocenters. The fraction of sp³-hybridized carbons (Fsp3) is 0.409. The van der Waals surface area contributed by atoms with Crippen LogP contribution in [0.25, 0.3) is 0 Å². The number of rotatable bonds is 11. The maximum atomic E-state index is 11.1. The van der Waals surface area contributed by atoms with Gasteiger partial charge in [-0.1, -0.05) is 32.0 Å². The van der Waals surface area contributed by atoms with Crippen LogP contribution in [0.4, 0.5) is 0 Å². The first kappa shape index (κ1) is 21.6.